The third kappa shape index (κ3) is 3.02. The number of nitrogens with zero attached hydrogens (tertiary/aromatic N) is 1. The Labute approximate surface area is 154 Å². The van der Waals surface area contributed by atoms with Crippen LogP contribution in [0.15, 0.2) is 30.3 Å². The van der Waals surface area contributed by atoms with Crippen molar-refractivity contribution in [1.29, 1.82) is 0 Å². The quantitative estimate of drug-likeness (QED) is 0.903. The Kier molecular flexibility index (Phi) is 4.74. The van der Waals surface area contributed by atoms with Gasteiger partial charge in [0.05, 0.1) is 12.0 Å². The molecule has 0 aromatic heterocycles. The summed E-state index contributed by atoms with van der Waals surface area (Å²) in [7, 11) is 0. The summed E-state index contributed by atoms with van der Waals surface area (Å²) >= 11 is 0. The SMILES string of the molecule is O=C(C1CCC(c2ccccc2)CC1)N1C[C@H]2COCC[C@@]2(C(=O)O)C1. The van der Waals surface area contributed by atoms with Crippen molar-refractivity contribution in [3.8, 4) is 0 Å². The van der Waals surface area contributed by atoms with Gasteiger partial charge in [0.2, 0.25) is 5.91 Å². The zero-order valence-electron chi connectivity index (χ0n) is 15.1. The molecule has 0 radical (unpaired) electrons. The lowest BCUT2D eigenvalue weighted by Gasteiger charge is -2.34. The summed E-state index contributed by atoms with van der Waals surface area (Å²) in [5, 5.41) is 9.78. The van der Waals surface area contributed by atoms with E-state index in [9.17, 15) is 14.7 Å². The molecular formula is C21H27NO4. The fourth-order valence-electron chi connectivity index (χ4n) is 5.12. The summed E-state index contributed by atoms with van der Waals surface area (Å²) in [6.07, 6.45) is 4.37. The number of aliphatic carboxylic acids is 1. The topological polar surface area (TPSA) is 66.8 Å². The van der Waals surface area contributed by atoms with E-state index in [1.807, 2.05) is 11.0 Å². The fraction of sp³-hybridized carbons (Fsp3) is 0.619. The van der Waals surface area contributed by atoms with E-state index in [1.54, 1.807) is 0 Å². The normalized spacial score (nSPS) is 34.3. The Balaban J connectivity index is 1.39. The van der Waals surface area contributed by atoms with E-state index in [0.29, 0.717) is 38.6 Å². The standard InChI is InChI=1S/C21H27NO4/c23-19(17-8-6-16(7-9-17)15-4-2-1-3-5-15)22-12-18-13-26-11-10-21(18,14-22)20(24)25/h1-5,16-18H,6-14H2,(H,24,25)/t16?,17?,18-,21+/m0/s1. The zero-order chi connectivity index (χ0) is 18.1. The molecular weight excluding hydrogens is 330 g/mol. The molecule has 3 aliphatic rings. The molecule has 0 unspecified atom stereocenters. The average Bonchev–Trinajstić information content (AvgIpc) is 3.09. The maximum Gasteiger partial charge on any atom is 0.311 e. The summed E-state index contributed by atoms with van der Waals surface area (Å²) < 4.78 is 5.49. The number of carbonyl (C=O) groups excluding carboxylic acids is 1. The fourth-order valence-corrected chi connectivity index (χ4v) is 5.12. The minimum atomic E-state index is -0.796. The first-order valence-corrected chi connectivity index (χ1v) is 9.75. The second-order valence-electron chi connectivity index (χ2n) is 8.16. The largest absolute Gasteiger partial charge is 0.481 e. The number of carbonyl (C=O) groups is 2. The number of hydrogen-bond donors (Lipinski definition) is 1. The molecule has 2 aliphatic heterocycles. The molecule has 140 valence electrons. The van der Waals surface area contributed by atoms with Crippen molar-refractivity contribution in [2.24, 2.45) is 17.3 Å². The first kappa shape index (κ1) is 17.5. The molecule has 0 bridgehead atoms. The van der Waals surface area contributed by atoms with Crippen molar-refractivity contribution in [3.05, 3.63) is 35.9 Å². The lowest BCUT2D eigenvalue weighted by molar-refractivity contribution is -0.157. The van der Waals surface area contributed by atoms with Crippen LogP contribution in [0.25, 0.3) is 0 Å². The maximum atomic E-state index is 13.0. The second kappa shape index (κ2) is 7.03. The molecule has 26 heavy (non-hydrogen) atoms. The Morgan fingerprint density at radius 1 is 1.12 bits per heavy atom. The van der Waals surface area contributed by atoms with Crippen LogP contribution >= 0.6 is 0 Å². The van der Waals surface area contributed by atoms with Gasteiger partial charge in [-0.05, 0) is 43.6 Å². The molecule has 1 aliphatic carbocycles. The molecule has 5 heteroatoms. The van der Waals surface area contributed by atoms with Gasteiger partial charge >= 0.3 is 5.97 Å². The smallest absolute Gasteiger partial charge is 0.311 e. The van der Waals surface area contributed by atoms with E-state index in [2.05, 4.69) is 24.3 Å². The monoisotopic (exact) mass is 357 g/mol. The molecule has 2 atom stereocenters. The minimum absolute atomic E-state index is 0.0434. The number of carboxylic acid groups (broad SMARTS) is 1. The zero-order valence-corrected chi connectivity index (χ0v) is 15.1. The lowest BCUT2D eigenvalue weighted by atomic mass is 9.74. The number of carboxylic acids is 1. The van der Waals surface area contributed by atoms with E-state index >= 15 is 0 Å². The van der Waals surface area contributed by atoms with Crippen molar-refractivity contribution >= 4 is 11.9 Å². The highest BCUT2D eigenvalue weighted by atomic mass is 16.5. The van der Waals surface area contributed by atoms with E-state index in [1.165, 1.54) is 5.56 Å². The van der Waals surface area contributed by atoms with Gasteiger partial charge in [-0.2, -0.15) is 0 Å². The second-order valence-corrected chi connectivity index (χ2v) is 8.16. The molecule has 4 rings (SSSR count). The van der Waals surface area contributed by atoms with Crippen molar-refractivity contribution in [2.45, 2.75) is 38.0 Å². The Hall–Kier alpha value is -1.88. The highest BCUT2D eigenvalue weighted by Crippen LogP contribution is 2.44. The average molecular weight is 357 g/mol. The highest BCUT2D eigenvalue weighted by molar-refractivity contribution is 5.82. The van der Waals surface area contributed by atoms with Gasteiger partial charge in [-0.15, -0.1) is 0 Å². The molecule has 5 nitrogen and oxygen atoms in total. The van der Waals surface area contributed by atoms with Crippen LogP contribution in [-0.4, -0.2) is 48.2 Å². The number of rotatable bonds is 3. The van der Waals surface area contributed by atoms with Crippen LogP contribution < -0.4 is 0 Å². The molecule has 1 aromatic rings. The van der Waals surface area contributed by atoms with Gasteiger partial charge in [0, 0.05) is 31.5 Å². The van der Waals surface area contributed by atoms with E-state index < -0.39 is 11.4 Å². The first-order valence-electron chi connectivity index (χ1n) is 9.75. The van der Waals surface area contributed by atoms with Crippen LogP contribution in [0.3, 0.4) is 0 Å². The van der Waals surface area contributed by atoms with Crippen molar-refractivity contribution in [3.63, 3.8) is 0 Å². The van der Waals surface area contributed by atoms with Gasteiger partial charge in [0.15, 0.2) is 0 Å². The van der Waals surface area contributed by atoms with Gasteiger partial charge < -0.3 is 14.7 Å². The van der Waals surface area contributed by atoms with Crippen molar-refractivity contribution < 1.29 is 19.4 Å². The molecule has 1 aromatic carbocycles. The molecule has 1 amide bonds. The summed E-state index contributed by atoms with van der Waals surface area (Å²) in [6.45, 7) is 1.82. The highest BCUT2D eigenvalue weighted by Gasteiger charge is 2.55. The molecule has 2 heterocycles. The Morgan fingerprint density at radius 2 is 1.85 bits per heavy atom. The molecule has 2 saturated heterocycles. The number of benzene rings is 1. The van der Waals surface area contributed by atoms with Gasteiger partial charge in [-0.3, -0.25) is 9.59 Å². The van der Waals surface area contributed by atoms with Crippen LogP contribution in [0.4, 0.5) is 0 Å². The van der Waals surface area contributed by atoms with Crippen LogP contribution in [0.1, 0.15) is 43.6 Å². The van der Waals surface area contributed by atoms with Crippen LogP contribution in [0.2, 0.25) is 0 Å². The third-order valence-corrected chi connectivity index (χ3v) is 6.79. The molecule has 3 fully saturated rings. The minimum Gasteiger partial charge on any atom is -0.481 e. The van der Waals surface area contributed by atoms with E-state index in [-0.39, 0.29) is 17.7 Å². The summed E-state index contributed by atoms with van der Waals surface area (Å²) in [6, 6.07) is 10.5. The summed E-state index contributed by atoms with van der Waals surface area (Å²) in [4.78, 5) is 26.8. The Bertz CT molecular complexity index is 668. The summed E-state index contributed by atoms with van der Waals surface area (Å²) in [5.41, 5.74) is 0.572. The third-order valence-electron chi connectivity index (χ3n) is 6.79. The van der Waals surface area contributed by atoms with Crippen molar-refractivity contribution in [1.82, 2.24) is 4.90 Å². The molecule has 0 spiro atoms. The molecule has 1 N–H and O–H groups in total. The number of hydrogen-bond acceptors (Lipinski definition) is 3. The Morgan fingerprint density at radius 3 is 2.50 bits per heavy atom. The van der Waals surface area contributed by atoms with Gasteiger partial charge in [-0.1, -0.05) is 30.3 Å². The van der Waals surface area contributed by atoms with Gasteiger partial charge in [0.1, 0.15) is 0 Å². The van der Waals surface area contributed by atoms with Crippen LogP contribution in [0.5, 0.6) is 0 Å². The maximum absolute atomic E-state index is 13.0. The number of amides is 1. The van der Waals surface area contributed by atoms with E-state index in [4.69, 9.17) is 4.74 Å². The van der Waals surface area contributed by atoms with Gasteiger partial charge in [0.25, 0.3) is 0 Å². The predicted molar refractivity (Wildman–Crippen MR) is 96.7 cm³/mol. The summed E-state index contributed by atoms with van der Waals surface area (Å²) in [5.74, 6) is -0.0965. The van der Waals surface area contributed by atoms with Crippen LogP contribution in [-0.2, 0) is 14.3 Å². The number of ether oxygens (including phenoxy) is 1. The number of likely N-dealkylation sites (tertiary alicyclic amines) is 1. The predicted octanol–water partition coefficient (Wildman–Crippen LogP) is 2.91. The van der Waals surface area contributed by atoms with Gasteiger partial charge in [-0.25, -0.2) is 0 Å². The van der Waals surface area contributed by atoms with E-state index in [0.717, 1.165) is 25.7 Å². The number of fused-ring (bicyclic) bond motifs is 1. The van der Waals surface area contributed by atoms with Crippen molar-refractivity contribution in [2.75, 3.05) is 26.3 Å². The lowest BCUT2D eigenvalue weighted by Crippen LogP contribution is -2.45. The van der Waals surface area contributed by atoms with Crippen LogP contribution in [0, 0.1) is 17.3 Å². The first-order chi connectivity index (χ1) is 12.6. The molecule has 1 saturated carbocycles.